The molecule has 10 nitrogen and oxygen atoms in total. The van der Waals surface area contributed by atoms with Crippen molar-refractivity contribution in [3.05, 3.63) is 0 Å². The van der Waals surface area contributed by atoms with Crippen LogP contribution in [0.25, 0.3) is 0 Å². The van der Waals surface area contributed by atoms with Crippen LogP contribution in [-0.2, 0) is 20.0 Å². The van der Waals surface area contributed by atoms with E-state index in [2.05, 4.69) is 5.32 Å². The molecule has 0 spiro atoms. The quantitative estimate of drug-likeness (QED) is 0.225. The summed E-state index contributed by atoms with van der Waals surface area (Å²) in [4.78, 5) is 21.4. The minimum atomic E-state index is -4.67. The second-order valence-corrected chi connectivity index (χ2v) is 4.67. The number of hydrogen-bond acceptors (Lipinski definition) is 6. The number of carboxylic acid groups (broad SMARTS) is 1. The third kappa shape index (κ3) is 22.0. The molecule has 0 heterocycles. The lowest BCUT2D eigenvalue weighted by Gasteiger charge is -2.10. The summed E-state index contributed by atoms with van der Waals surface area (Å²) in [6, 6.07) is -0.564. The molecule has 0 fully saturated rings. The molecule has 1 unspecified atom stereocenters. The van der Waals surface area contributed by atoms with E-state index in [1.54, 1.807) is 0 Å². The minimum Gasteiger partial charge on any atom is -0.481 e. The number of carbonyl (C=O) groups excluding carboxylic acids is 1. The maximum absolute atomic E-state index is 11.3. The van der Waals surface area contributed by atoms with Crippen LogP contribution < -0.4 is 16.8 Å². The van der Waals surface area contributed by atoms with Gasteiger partial charge in [-0.05, 0) is 19.4 Å². The Labute approximate surface area is 117 Å². The highest BCUT2D eigenvalue weighted by Gasteiger charge is 2.12. The van der Waals surface area contributed by atoms with E-state index in [9.17, 15) is 9.59 Å². The highest BCUT2D eigenvalue weighted by Crippen LogP contribution is 1.97. The van der Waals surface area contributed by atoms with E-state index in [-0.39, 0.29) is 18.9 Å². The van der Waals surface area contributed by atoms with Crippen LogP contribution in [-0.4, -0.2) is 53.6 Å². The Morgan fingerprint density at radius 3 is 2.10 bits per heavy atom. The van der Waals surface area contributed by atoms with Gasteiger partial charge in [-0.2, -0.15) is 8.42 Å². The predicted molar refractivity (Wildman–Crippen MR) is 70.3 cm³/mol. The van der Waals surface area contributed by atoms with Crippen LogP contribution in [0.5, 0.6) is 0 Å². The molecule has 0 aliphatic heterocycles. The van der Waals surface area contributed by atoms with Crippen LogP contribution in [0.3, 0.4) is 0 Å². The average Bonchev–Trinajstić information content (AvgIpc) is 2.26. The van der Waals surface area contributed by atoms with Crippen molar-refractivity contribution in [3.8, 4) is 0 Å². The van der Waals surface area contributed by atoms with Crippen molar-refractivity contribution >= 4 is 22.3 Å². The Hall–Kier alpha value is -1.27. The number of carbonyl (C=O) groups is 2. The fourth-order valence-electron chi connectivity index (χ4n) is 1.06. The van der Waals surface area contributed by atoms with Gasteiger partial charge in [0.25, 0.3) is 0 Å². The van der Waals surface area contributed by atoms with Crippen LogP contribution >= 0.6 is 0 Å². The molecular formula is C9H21N3O7S. The highest BCUT2D eigenvalue weighted by molar-refractivity contribution is 7.79. The molecule has 0 saturated carbocycles. The number of carboxylic acids is 1. The van der Waals surface area contributed by atoms with Crippen LogP contribution in [0.15, 0.2) is 0 Å². The van der Waals surface area contributed by atoms with Crippen molar-refractivity contribution in [2.24, 2.45) is 11.5 Å². The van der Waals surface area contributed by atoms with E-state index in [1.807, 2.05) is 0 Å². The van der Waals surface area contributed by atoms with E-state index >= 15 is 0 Å². The maximum atomic E-state index is 11.3. The van der Waals surface area contributed by atoms with Gasteiger partial charge in [0.05, 0.1) is 12.5 Å². The van der Waals surface area contributed by atoms with Gasteiger partial charge in [0, 0.05) is 6.54 Å². The summed E-state index contributed by atoms with van der Waals surface area (Å²) < 4.78 is 31.6. The lowest BCUT2D eigenvalue weighted by Crippen LogP contribution is -2.41. The normalized spacial score (nSPS) is 12.0. The van der Waals surface area contributed by atoms with Gasteiger partial charge in [0.2, 0.25) is 5.91 Å². The van der Waals surface area contributed by atoms with Gasteiger partial charge in [-0.3, -0.25) is 18.7 Å². The Morgan fingerprint density at radius 1 is 1.20 bits per heavy atom. The van der Waals surface area contributed by atoms with Crippen molar-refractivity contribution < 1.29 is 32.2 Å². The third-order valence-electron chi connectivity index (χ3n) is 1.94. The standard InChI is InChI=1S/C9H19N3O3.H2O4S/c10-5-2-1-3-7(11)9(15)12-6-4-8(13)14;1-5(2,3)4/h7H,1-6,10-11H2,(H,12,15)(H,13,14);(H2,1,2,3,4). The molecule has 0 aromatic heterocycles. The van der Waals surface area contributed by atoms with Crippen molar-refractivity contribution in [1.29, 1.82) is 0 Å². The monoisotopic (exact) mass is 315 g/mol. The average molecular weight is 315 g/mol. The molecule has 8 N–H and O–H groups in total. The van der Waals surface area contributed by atoms with Gasteiger partial charge >= 0.3 is 16.4 Å². The number of rotatable bonds is 8. The molecule has 120 valence electrons. The highest BCUT2D eigenvalue weighted by atomic mass is 32.3. The molecule has 0 aromatic rings. The van der Waals surface area contributed by atoms with Gasteiger partial charge in [-0.25, -0.2) is 0 Å². The van der Waals surface area contributed by atoms with Gasteiger partial charge in [-0.15, -0.1) is 0 Å². The third-order valence-corrected chi connectivity index (χ3v) is 1.94. The SMILES string of the molecule is NCCCCC(N)C(=O)NCCC(=O)O.O=S(=O)(O)O. The second-order valence-electron chi connectivity index (χ2n) is 3.77. The Kier molecular flexibility index (Phi) is 12.1. The van der Waals surface area contributed by atoms with Crippen molar-refractivity contribution in [1.82, 2.24) is 5.32 Å². The molecule has 1 amide bonds. The van der Waals surface area contributed by atoms with Gasteiger partial charge in [0.15, 0.2) is 0 Å². The molecule has 0 aromatic carbocycles. The summed E-state index contributed by atoms with van der Waals surface area (Å²) in [5.74, 6) is -1.24. The lowest BCUT2D eigenvalue weighted by atomic mass is 10.1. The van der Waals surface area contributed by atoms with Gasteiger partial charge < -0.3 is 21.9 Å². The zero-order valence-corrected chi connectivity index (χ0v) is 11.7. The molecule has 20 heavy (non-hydrogen) atoms. The molecule has 0 aliphatic rings. The van der Waals surface area contributed by atoms with Crippen LogP contribution in [0.2, 0.25) is 0 Å². The minimum absolute atomic E-state index is 0.0821. The number of nitrogens with two attached hydrogens (primary N) is 2. The maximum Gasteiger partial charge on any atom is 0.394 e. The summed E-state index contributed by atoms with van der Waals surface area (Å²) in [7, 11) is -4.67. The molecule has 0 aliphatic carbocycles. The van der Waals surface area contributed by atoms with Crippen molar-refractivity contribution in [2.75, 3.05) is 13.1 Å². The summed E-state index contributed by atoms with van der Waals surface area (Å²) in [5, 5.41) is 10.8. The molecule has 11 heteroatoms. The molecular weight excluding hydrogens is 294 g/mol. The van der Waals surface area contributed by atoms with Crippen LogP contribution in [0, 0.1) is 0 Å². The van der Waals surface area contributed by atoms with Crippen molar-refractivity contribution in [2.45, 2.75) is 31.7 Å². The molecule has 0 saturated heterocycles. The summed E-state index contributed by atoms with van der Waals surface area (Å²) >= 11 is 0. The van der Waals surface area contributed by atoms with E-state index in [0.717, 1.165) is 12.8 Å². The first-order chi connectivity index (χ1) is 9.07. The number of hydrogen-bond donors (Lipinski definition) is 6. The van der Waals surface area contributed by atoms with Gasteiger partial charge in [0.1, 0.15) is 0 Å². The Balaban J connectivity index is 0. The van der Waals surface area contributed by atoms with Gasteiger partial charge in [-0.1, -0.05) is 6.42 Å². The van der Waals surface area contributed by atoms with Crippen LogP contribution in [0.1, 0.15) is 25.7 Å². The van der Waals surface area contributed by atoms with E-state index in [1.165, 1.54) is 0 Å². The topological polar surface area (TPSA) is 193 Å². The zero-order chi connectivity index (χ0) is 16.2. The number of aliphatic carboxylic acids is 1. The Bertz CT molecular complexity index is 377. The second kappa shape index (κ2) is 11.5. The molecule has 0 radical (unpaired) electrons. The number of amides is 1. The molecule has 0 bridgehead atoms. The summed E-state index contributed by atoms with van der Waals surface area (Å²) in [5.41, 5.74) is 10.9. The van der Waals surface area contributed by atoms with Crippen molar-refractivity contribution in [3.63, 3.8) is 0 Å². The lowest BCUT2D eigenvalue weighted by molar-refractivity contribution is -0.137. The first-order valence-corrected chi connectivity index (χ1v) is 7.12. The first-order valence-electron chi connectivity index (χ1n) is 5.73. The zero-order valence-electron chi connectivity index (χ0n) is 10.9. The Morgan fingerprint density at radius 2 is 1.70 bits per heavy atom. The van der Waals surface area contributed by atoms with E-state index in [0.29, 0.717) is 13.0 Å². The fraction of sp³-hybridized carbons (Fsp3) is 0.778. The van der Waals surface area contributed by atoms with E-state index < -0.39 is 22.4 Å². The van der Waals surface area contributed by atoms with E-state index in [4.69, 9.17) is 34.1 Å². The fourth-order valence-corrected chi connectivity index (χ4v) is 1.06. The molecule has 1 atom stereocenters. The smallest absolute Gasteiger partial charge is 0.394 e. The first kappa shape index (κ1) is 21.0. The van der Waals surface area contributed by atoms with Crippen LogP contribution in [0.4, 0.5) is 0 Å². The number of nitrogens with one attached hydrogen (secondary N) is 1. The number of unbranched alkanes of at least 4 members (excludes halogenated alkanes) is 1. The predicted octanol–water partition coefficient (Wildman–Crippen LogP) is -1.62. The molecule has 0 rings (SSSR count). The largest absolute Gasteiger partial charge is 0.481 e. The summed E-state index contributed by atoms with van der Waals surface area (Å²) in [6.07, 6.45) is 2.15. The summed E-state index contributed by atoms with van der Waals surface area (Å²) in [6.45, 7) is 0.714.